The van der Waals surface area contributed by atoms with Crippen LogP contribution in [-0.2, 0) is 14.3 Å². The van der Waals surface area contributed by atoms with Crippen LogP contribution in [0, 0.1) is 10.8 Å². The second-order valence-electron chi connectivity index (χ2n) is 6.99. The number of amides is 1. The summed E-state index contributed by atoms with van der Waals surface area (Å²) in [5, 5.41) is 6.58. The highest BCUT2D eigenvalue weighted by molar-refractivity contribution is 5.83. The van der Waals surface area contributed by atoms with Crippen molar-refractivity contribution < 1.29 is 14.3 Å². The Balaban J connectivity index is 1.97. The Hall–Kier alpha value is -0.650. The maximum atomic E-state index is 12.8. The molecule has 1 aliphatic carbocycles. The minimum atomic E-state index is -0.368. The largest absolute Gasteiger partial charge is 0.384 e. The molecule has 122 valence electrons. The van der Waals surface area contributed by atoms with Gasteiger partial charge in [0.05, 0.1) is 18.1 Å². The molecule has 0 radical (unpaired) electrons. The molecule has 5 nitrogen and oxygen atoms in total. The Morgan fingerprint density at radius 3 is 2.52 bits per heavy atom. The molecule has 5 heteroatoms. The molecule has 2 aliphatic rings. The summed E-state index contributed by atoms with van der Waals surface area (Å²) in [4.78, 5) is 12.8. The molecule has 1 amide bonds. The Labute approximate surface area is 128 Å². The van der Waals surface area contributed by atoms with Gasteiger partial charge in [-0.3, -0.25) is 4.79 Å². The number of methoxy groups -OCH3 is 1. The van der Waals surface area contributed by atoms with Crippen molar-refractivity contribution in [3.05, 3.63) is 0 Å². The van der Waals surface area contributed by atoms with Crippen LogP contribution in [0.4, 0.5) is 0 Å². The van der Waals surface area contributed by atoms with Crippen LogP contribution in [0.5, 0.6) is 0 Å². The monoisotopic (exact) mass is 298 g/mol. The van der Waals surface area contributed by atoms with Gasteiger partial charge in [0.25, 0.3) is 0 Å². The van der Waals surface area contributed by atoms with E-state index in [1.54, 1.807) is 7.11 Å². The van der Waals surface area contributed by atoms with E-state index < -0.39 is 0 Å². The van der Waals surface area contributed by atoms with E-state index in [-0.39, 0.29) is 28.9 Å². The van der Waals surface area contributed by atoms with Crippen molar-refractivity contribution in [1.82, 2.24) is 10.6 Å². The maximum Gasteiger partial charge on any atom is 0.228 e. The first kappa shape index (κ1) is 16.7. The van der Waals surface area contributed by atoms with Gasteiger partial charge in [-0.15, -0.1) is 0 Å². The highest BCUT2D eigenvalue weighted by Crippen LogP contribution is 2.43. The second-order valence-corrected chi connectivity index (χ2v) is 6.99. The topological polar surface area (TPSA) is 59.6 Å². The average Bonchev–Trinajstić information content (AvgIpc) is 2.47. The number of piperidine rings is 1. The first-order valence-corrected chi connectivity index (χ1v) is 8.08. The molecule has 1 saturated carbocycles. The third kappa shape index (κ3) is 3.25. The second kappa shape index (κ2) is 6.63. The van der Waals surface area contributed by atoms with Gasteiger partial charge >= 0.3 is 0 Å². The van der Waals surface area contributed by atoms with E-state index in [1.807, 2.05) is 6.92 Å². The van der Waals surface area contributed by atoms with Gasteiger partial charge in [0.1, 0.15) is 0 Å². The van der Waals surface area contributed by atoms with Crippen LogP contribution in [0.15, 0.2) is 0 Å². The molecule has 0 aromatic heterocycles. The molecule has 0 aromatic carbocycles. The fraction of sp³-hybridized carbons (Fsp3) is 0.938. The van der Waals surface area contributed by atoms with Gasteiger partial charge in [-0.25, -0.2) is 0 Å². The van der Waals surface area contributed by atoms with Crippen molar-refractivity contribution in [3.8, 4) is 0 Å². The Morgan fingerprint density at radius 2 is 2.00 bits per heavy atom. The smallest absolute Gasteiger partial charge is 0.228 e. The molecule has 1 heterocycles. The van der Waals surface area contributed by atoms with Gasteiger partial charge in [-0.05, 0) is 39.3 Å². The van der Waals surface area contributed by atoms with Crippen LogP contribution in [0.25, 0.3) is 0 Å². The number of carbonyl (C=O) groups is 1. The van der Waals surface area contributed by atoms with Crippen LogP contribution in [-0.4, -0.2) is 51.5 Å². The van der Waals surface area contributed by atoms with E-state index in [9.17, 15) is 4.79 Å². The average molecular weight is 298 g/mol. The summed E-state index contributed by atoms with van der Waals surface area (Å²) in [7, 11) is 1.68. The lowest BCUT2D eigenvalue weighted by Gasteiger charge is -2.52. The molecule has 2 rings (SSSR count). The summed E-state index contributed by atoms with van der Waals surface area (Å²) < 4.78 is 11.1. The zero-order valence-corrected chi connectivity index (χ0v) is 13.8. The molecule has 21 heavy (non-hydrogen) atoms. The van der Waals surface area contributed by atoms with Crippen molar-refractivity contribution in [2.24, 2.45) is 10.8 Å². The van der Waals surface area contributed by atoms with Crippen LogP contribution in [0.1, 0.15) is 40.0 Å². The molecule has 1 saturated heterocycles. The van der Waals surface area contributed by atoms with Crippen molar-refractivity contribution in [1.29, 1.82) is 0 Å². The number of hydrogen-bond donors (Lipinski definition) is 2. The number of ether oxygens (including phenoxy) is 2. The standard InChI is InChI=1S/C16H30N2O3/c1-5-21-13-10-12(15(13,2)3)18-14(19)16(11-20-4)6-8-17-9-7-16/h12-13,17H,5-11H2,1-4H3,(H,18,19). The minimum Gasteiger partial charge on any atom is -0.384 e. The fourth-order valence-electron chi connectivity index (χ4n) is 3.54. The number of carbonyl (C=O) groups excluding carboxylic acids is 1. The third-order valence-electron chi connectivity index (χ3n) is 5.31. The lowest BCUT2D eigenvalue weighted by atomic mass is 9.64. The third-order valence-corrected chi connectivity index (χ3v) is 5.31. The van der Waals surface area contributed by atoms with Crippen molar-refractivity contribution >= 4 is 5.91 Å². The molecule has 0 aromatic rings. The van der Waals surface area contributed by atoms with E-state index in [2.05, 4.69) is 24.5 Å². The van der Waals surface area contributed by atoms with Crippen LogP contribution in [0.3, 0.4) is 0 Å². The summed E-state index contributed by atoms with van der Waals surface area (Å²) in [6.07, 6.45) is 2.84. The van der Waals surface area contributed by atoms with Crippen LogP contribution in [0.2, 0.25) is 0 Å². The van der Waals surface area contributed by atoms with E-state index in [1.165, 1.54) is 0 Å². The number of hydrogen-bond acceptors (Lipinski definition) is 4. The van der Waals surface area contributed by atoms with Gasteiger partial charge in [0, 0.05) is 25.2 Å². The van der Waals surface area contributed by atoms with Gasteiger partial charge in [0.15, 0.2) is 0 Å². The quantitative estimate of drug-likeness (QED) is 0.776. The first-order chi connectivity index (χ1) is 9.96. The molecule has 0 spiro atoms. The zero-order chi connectivity index (χ0) is 15.5. The lowest BCUT2D eigenvalue weighted by molar-refractivity contribution is -0.148. The summed E-state index contributed by atoms with van der Waals surface area (Å²) in [5.74, 6) is 0.152. The van der Waals surface area contributed by atoms with Gasteiger partial charge in [-0.1, -0.05) is 13.8 Å². The van der Waals surface area contributed by atoms with Gasteiger partial charge in [0.2, 0.25) is 5.91 Å². The number of rotatable bonds is 6. The highest BCUT2D eigenvalue weighted by Gasteiger charge is 2.51. The Morgan fingerprint density at radius 1 is 1.33 bits per heavy atom. The molecule has 2 unspecified atom stereocenters. The predicted molar refractivity (Wildman–Crippen MR) is 82.2 cm³/mol. The Bertz CT molecular complexity index is 359. The van der Waals surface area contributed by atoms with E-state index in [4.69, 9.17) is 9.47 Å². The maximum absolute atomic E-state index is 12.8. The molecular weight excluding hydrogens is 268 g/mol. The van der Waals surface area contributed by atoms with Crippen LogP contribution < -0.4 is 10.6 Å². The normalized spacial score (nSPS) is 30.5. The molecular formula is C16H30N2O3. The summed E-state index contributed by atoms with van der Waals surface area (Å²) >= 11 is 0. The summed E-state index contributed by atoms with van der Waals surface area (Å²) in [5.41, 5.74) is -0.361. The molecule has 0 bridgehead atoms. The molecule has 2 N–H and O–H groups in total. The Kier molecular flexibility index (Phi) is 5.28. The fourth-order valence-corrected chi connectivity index (χ4v) is 3.54. The van der Waals surface area contributed by atoms with E-state index in [0.717, 1.165) is 39.0 Å². The van der Waals surface area contributed by atoms with Crippen LogP contribution >= 0.6 is 0 Å². The predicted octanol–water partition coefficient (Wildman–Crippen LogP) is 1.32. The summed E-state index contributed by atoms with van der Waals surface area (Å²) in [6, 6.07) is 0.199. The van der Waals surface area contributed by atoms with Crippen molar-refractivity contribution in [2.75, 3.05) is 33.4 Å². The first-order valence-electron chi connectivity index (χ1n) is 8.08. The highest BCUT2D eigenvalue weighted by atomic mass is 16.5. The minimum absolute atomic E-state index is 0.00679. The zero-order valence-electron chi connectivity index (χ0n) is 13.8. The molecule has 2 atom stereocenters. The summed E-state index contributed by atoms with van der Waals surface area (Å²) in [6.45, 7) is 9.36. The SMILES string of the molecule is CCOC1CC(NC(=O)C2(COC)CCNCC2)C1(C)C. The van der Waals surface area contributed by atoms with Crippen molar-refractivity contribution in [3.63, 3.8) is 0 Å². The lowest BCUT2D eigenvalue weighted by Crippen LogP contribution is -2.64. The van der Waals surface area contributed by atoms with Crippen molar-refractivity contribution in [2.45, 2.75) is 52.2 Å². The van der Waals surface area contributed by atoms with E-state index in [0.29, 0.717) is 6.61 Å². The van der Waals surface area contributed by atoms with E-state index >= 15 is 0 Å². The number of nitrogens with one attached hydrogen (secondary N) is 2. The molecule has 2 fully saturated rings. The van der Waals surface area contributed by atoms with Gasteiger partial charge < -0.3 is 20.1 Å². The van der Waals surface area contributed by atoms with Gasteiger partial charge in [-0.2, -0.15) is 0 Å². The molecule has 1 aliphatic heterocycles.